The van der Waals surface area contributed by atoms with Crippen LogP contribution in [0.1, 0.15) is 41.8 Å². The van der Waals surface area contributed by atoms with Gasteiger partial charge in [-0.1, -0.05) is 0 Å². The van der Waals surface area contributed by atoms with Crippen LogP contribution in [0.2, 0.25) is 0 Å². The average Bonchev–Trinajstić information content (AvgIpc) is 2.96. The zero-order chi connectivity index (χ0) is 14.1. The topological polar surface area (TPSA) is 47.1 Å². The number of rotatable bonds is 3. The summed E-state index contributed by atoms with van der Waals surface area (Å²) in [5.41, 5.74) is 2.41. The van der Waals surface area contributed by atoms with Gasteiger partial charge in [0, 0.05) is 44.9 Å². The number of hydrogen-bond acceptors (Lipinski definition) is 4. The Morgan fingerprint density at radius 3 is 2.90 bits per heavy atom. The Balaban J connectivity index is 1.69. The lowest BCUT2D eigenvalue weighted by Gasteiger charge is -2.32. The highest BCUT2D eigenvalue weighted by Crippen LogP contribution is 2.27. The van der Waals surface area contributed by atoms with Gasteiger partial charge < -0.3 is 4.42 Å². The molecular formula is C15H22N4O. The van der Waals surface area contributed by atoms with Gasteiger partial charge in [0.1, 0.15) is 5.76 Å². The van der Waals surface area contributed by atoms with Crippen molar-refractivity contribution in [2.45, 2.75) is 39.2 Å². The zero-order valence-electron chi connectivity index (χ0n) is 12.5. The van der Waals surface area contributed by atoms with E-state index >= 15 is 0 Å². The fourth-order valence-electron chi connectivity index (χ4n) is 3.16. The molecule has 2 aromatic heterocycles. The molecule has 0 bridgehead atoms. The molecule has 0 aliphatic carbocycles. The van der Waals surface area contributed by atoms with Crippen molar-refractivity contribution in [2.75, 3.05) is 13.1 Å². The first-order valence-corrected chi connectivity index (χ1v) is 7.26. The molecule has 20 heavy (non-hydrogen) atoms. The third-order valence-electron chi connectivity index (χ3n) is 4.16. The summed E-state index contributed by atoms with van der Waals surface area (Å²) in [6.07, 6.45) is 4.36. The number of likely N-dealkylation sites (tertiary alicyclic amines) is 1. The van der Waals surface area contributed by atoms with Crippen LogP contribution in [-0.4, -0.2) is 32.8 Å². The molecule has 0 aromatic carbocycles. The van der Waals surface area contributed by atoms with Gasteiger partial charge in [0.05, 0.1) is 5.69 Å². The molecule has 1 fully saturated rings. The summed E-state index contributed by atoms with van der Waals surface area (Å²) in [6.45, 7) is 7.01. The van der Waals surface area contributed by atoms with Crippen LogP contribution in [0.5, 0.6) is 0 Å². The van der Waals surface area contributed by atoms with Gasteiger partial charge in [0.15, 0.2) is 5.89 Å². The lowest BCUT2D eigenvalue weighted by molar-refractivity contribution is 0.194. The second kappa shape index (κ2) is 5.40. The van der Waals surface area contributed by atoms with E-state index in [-0.39, 0.29) is 0 Å². The summed E-state index contributed by atoms with van der Waals surface area (Å²) < 4.78 is 7.52. The number of oxazole rings is 1. The highest BCUT2D eigenvalue weighted by Gasteiger charge is 2.24. The second-order valence-electron chi connectivity index (χ2n) is 5.69. The minimum atomic E-state index is 0.574. The Morgan fingerprint density at radius 2 is 2.25 bits per heavy atom. The molecule has 108 valence electrons. The first kappa shape index (κ1) is 13.4. The molecule has 1 aliphatic rings. The maximum atomic E-state index is 5.52. The van der Waals surface area contributed by atoms with Crippen LogP contribution in [0.15, 0.2) is 16.7 Å². The quantitative estimate of drug-likeness (QED) is 0.862. The molecule has 0 saturated carbocycles. The van der Waals surface area contributed by atoms with Crippen LogP contribution in [0.3, 0.4) is 0 Å². The van der Waals surface area contributed by atoms with E-state index in [0.717, 1.165) is 37.0 Å². The van der Waals surface area contributed by atoms with Crippen molar-refractivity contribution in [3.05, 3.63) is 35.3 Å². The molecule has 3 heterocycles. The van der Waals surface area contributed by atoms with E-state index in [1.165, 1.54) is 18.5 Å². The summed E-state index contributed by atoms with van der Waals surface area (Å²) in [4.78, 5) is 6.96. The van der Waals surface area contributed by atoms with Crippen molar-refractivity contribution in [3.63, 3.8) is 0 Å². The lowest BCUT2D eigenvalue weighted by atomic mass is 9.94. The molecule has 5 heteroatoms. The van der Waals surface area contributed by atoms with Gasteiger partial charge in [0.2, 0.25) is 0 Å². The number of hydrogen-bond donors (Lipinski definition) is 0. The van der Waals surface area contributed by atoms with Crippen LogP contribution >= 0.6 is 0 Å². The molecule has 1 aliphatic heterocycles. The Morgan fingerprint density at radius 1 is 1.40 bits per heavy atom. The van der Waals surface area contributed by atoms with Crippen molar-refractivity contribution >= 4 is 0 Å². The van der Waals surface area contributed by atoms with Gasteiger partial charge in [-0.25, -0.2) is 4.98 Å². The summed E-state index contributed by atoms with van der Waals surface area (Å²) in [6, 6.07) is 2.14. The van der Waals surface area contributed by atoms with Crippen LogP contribution < -0.4 is 0 Å². The highest BCUT2D eigenvalue weighted by molar-refractivity contribution is 5.11. The minimum absolute atomic E-state index is 0.574. The Labute approximate surface area is 119 Å². The monoisotopic (exact) mass is 274 g/mol. The standard InChI is InChI=1S/C15H22N4O/c1-11-14(17-12(2)20-11)10-19-8-4-5-13(9-19)15-6-7-16-18(15)3/h6-7,13H,4-5,8-10H2,1-3H3. The fraction of sp³-hybridized carbons (Fsp3) is 0.600. The zero-order valence-corrected chi connectivity index (χ0v) is 12.5. The lowest BCUT2D eigenvalue weighted by Crippen LogP contribution is -2.34. The largest absolute Gasteiger partial charge is 0.446 e. The maximum Gasteiger partial charge on any atom is 0.191 e. The third-order valence-corrected chi connectivity index (χ3v) is 4.16. The summed E-state index contributed by atoms with van der Waals surface area (Å²) in [7, 11) is 2.03. The van der Waals surface area contributed by atoms with Crippen molar-refractivity contribution in [1.82, 2.24) is 19.7 Å². The SMILES string of the molecule is Cc1nc(CN2CCCC(c3ccnn3C)C2)c(C)o1. The number of nitrogens with zero attached hydrogens (tertiary/aromatic N) is 4. The molecular weight excluding hydrogens is 252 g/mol. The smallest absolute Gasteiger partial charge is 0.191 e. The molecule has 2 aromatic rings. The Hall–Kier alpha value is -1.62. The second-order valence-corrected chi connectivity index (χ2v) is 5.69. The van der Waals surface area contributed by atoms with Gasteiger partial charge >= 0.3 is 0 Å². The molecule has 1 atom stereocenters. The van der Waals surface area contributed by atoms with Crippen LogP contribution in [0, 0.1) is 13.8 Å². The summed E-state index contributed by atoms with van der Waals surface area (Å²) in [5, 5.41) is 4.29. The Kier molecular flexibility index (Phi) is 3.61. The molecule has 0 spiro atoms. The van der Waals surface area contributed by atoms with E-state index in [1.807, 2.05) is 31.8 Å². The van der Waals surface area contributed by atoms with E-state index in [2.05, 4.69) is 21.0 Å². The maximum absolute atomic E-state index is 5.52. The molecule has 0 radical (unpaired) electrons. The van der Waals surface area contributed by atoms with E-state index in [9.17, 15) is 0 Å². The predicted octanol–water partition coefficient (Wildman–Crippen LogP) is 2.40. The number of aromatic nitrogens is 3. The first-order chi connectivity index (χ1) is 9.63. The summed E-state index contributed by atoms with van der Waals surface area (Å²) in [5.74, 6) is 2.28. The molecule has 5 nitrogen and oxygen atoms in total. The molecule has 1 saturated heterocycles. The van der Waals surface area contributed by atoms with Crippen LogP contribution in [0.4, 0.5) is 0 Å². The Bertz CT molecular complexity index is 586. The third kappa shape index (κ3) is 2.63. The molecule has 0 amide bonds. The number of piperidine rings is 1. The fourth-order valence-corrected chi connectivity index (χ4v) is 3.16. The molecule has 3 rings (SSSR count). The van der Waals surface area contributed by atoms with Gasteiger partial charge in [-0.3, -0.25) is 9.58 Å². The van der Waals surface area contributed by atoms with E-state index in [4.69, 9.17) is 4.42 Å². The predicted molar refractivity (Wildman–Crippen MR) is 76.4 cm³/mol. The van der Waals surface area contributed by atoms with E-state index in [0.29, 0.717) is 5.92 Å². The van der Waals surface area contributed by atoms with E-state index < -0.39 is 0 Å². The van der Waals surface area contributed by atoms with Crippen molar-refractivity contribution < 1.29 is 4.42 Å². The van der Waals surface area contributed by atoms with Gasteiger partial charge in [-0.2, -0.15) is 5.10 Å². The number of aryl methyl sites for hydroxylation is 3. The van der Waals surface area contributed by atoms with E-state index in [1.54, 1.807) is 0 Å². The van der Waals surface area contributed by atoms with Gasteiger partial charge in [0.25, 0.3) is 0 Å². The highest BCUT2D eigenvalue weighted by atomic mass is 16.4. The van der Waals surface area contributed by atoms with Crippen LogP contribution in [-0.2, 0) is 13.6 Å². The van der Waals surface area contributed by atoms with Crippen molar-refractivity contribution in [2.24, 2.45) is 7.05 Å². The summed E-state index contributed by atoms with van der Waals surface area (Å²) >= 11 is 0. The van der Waals surface area contributed by atoms with Crippen molar-refractivity contribution in [1.29, 1.82) is 0 Å². The van der Waals surface area contributed by atoms with Crippen molar-refractivity contribution in [3.8, 4) is 0 Å². The van der Waals surface area contributed by atoms with Gasteiger partial charge in [-0.15, -0.1) is 0 Å². The average molecular weight is 274 g/mol. The molecule has 0 N–H and O–H groups in total. The first-order valence-electron chi connectivity index (χ1n) is 7.26. The molecule has 1 unspecified atom stereocenters. The van der Waals surface area contributed by atoms with Crippen LogP contribution in [0.25, 0.3) is 0 Å². The normalized spacial score (nSPS) is 20.4. The minimum Gasteiger partial charge on any atom is -0.446 e. The van der Waals surface area contributed by atoms with Gasteiger partial charge in [-0.05, 0) is 32.4 Å².